The van der Waals surface area contributed by atoms with Crippen LogP contribution in [0.25, 0.3) is 0 Å². The summed E-state index contributed by atoms with van der Waals surface area (Å²) in [4.78, 5) is 6.16. The van der Waals surface area contributed by atoms with Gasteiger partial charge < -0.3 is 10.3 Å². The molecule has 0 unspecified atom stereocenters. The maximum absolute atomic E-state index is 6.14. The van der Waals surface area contributed by atoms with Crippen molar-refractivity contribution < 1.29 is 4.52 Å². The predicted octanol–water partition coefficient (Wildman–Crippen LogP) is 2.47. The van der Waals surface area contributed by atoms with E-state index in [0.717, 1.165) is 5.56 Å². The van der Waals surface area contributed by atoms with Crippen molar-refractivity contribution in [3.63, 3.8) is 0 Å². The van der Waals surface area contributed by atoms with E-state index >= 15 is 0 Å². The molecular weight excluding hydrogens is 287 g/mol. The highest BCUT2D eigenvalue weighted by molar-refractivity contribution is 6.42. The van der Waals surface area contributed by atoms with Crippen LogP contribution in [0.15, 0.2) is 22.7 Å². The zero-order valence-corrected chi connectivity index (χ0v) is 11.9. The third-order valence-corrected chi connectivity index (χ3v) is 3.43. The molecule has 0 aliphatic carbocycles. The molecule has 5 nitrogen and oxygen atoms in total. The van der Waals surface area contributed by atoms with E-state index in [4.69, 9.17) is 33.5 Å². The fourth-order valence-electron chi connectivity index (χ4n) is 1.70. The Labute approximate surface area is 121 Å². The largest absolute Gasteiger partial charge is 0.338 e. The summed E-state index contributed by atoms with van der Waals surface area (Å²) in [6.45, 7) is 1.44. The van der Waals surface area contributed by atoms with Gasteiger partial charge in [0.2, 0.25) is 5.89 Å². The summed E-state index contributed by atoms with van der Waals surface area (Å²) in [6.07, 6.45) is 0. The summed E-state index contributed by atoms with van der Waals surface area (Å²) in [6, 6.07) is 5.57. The second kappa shape index (κ2) is 6.34. The lowest BCUT2D eigenvalue weighted by Gasteiger charge is -2.15. The molecular formula is C12H14Cl2N4O. The quantitative estimate of drug-likeness (QED) is 0.919. The molecule has 19 heavy (non-hydrogen) atoms. The van der Waals surface area contributed by atoms with Gasteiger partial charge in [0.15, 0.2) is 5.82 Å². The molecule has 2 rings (SSSR count). The van der Waals surface area contributed by atoms with Gasteiger partial charge in [-0.05, 0) is 18.7 Å². The molecule has 2 aromatic rings. The number of nitrogens with two attached hydrogens (primary N) is 1. The summed E-state index contributed by atoms with van der Waals surface area (Å²) in [5, 5.41) is 4.97. The van der Waals surface area contributed by atoms with Crippen molar-refractivity contribution in [1.82, 2.24) is 15.0 Å². The first-order valence-electron chi connectivity index (χ1n) is 5.73. The van der Waals surface area contributed by atoms with Crippen molar-refractivity contribution in [1.29, 1.82) is 0 Å². The molecule has 0 saturated carbocycles. The third-order valence-electron chi connectivity index (χ3n) is 2.57. The fraction of sp³-hybridized carbons (Fsp3) is 0.333. The molecule has 2 N–H and O–H groups in total. The smallest absolute Gasteiger partial charge is 0.240 e. The molecule has 0 saturated heterocycles. The lowest BCUT2D eigenvalue weighted by molar-refractivity contribution is 0.300. The summed E-state index contributed by atoms with van der Waals surface area (Å²) in [7, 11) is 1.94. The zero-order valence-electron chi connectivity index (χ0n) is 10.4. The Balaban J connectivity index is 2.01. The summed E-state index contributed by atoms with van der Waals surface area (Å²) < 4.78 is 4.95. The minimum Gasteiger partial charge on any atom is -0.338 e. The molecule has 0 amide bonds. The van der Waals surface area contributed by atoms with Crippen molar-refractivity contribution in [2.24, 2.45) is 5.73 Å². The first-order valence-corrected chi connectivity index (χ1v) is 6.48. The maximum Gasteiger partial charge on any atom is 0.240 e. The van der Waals surface area contributed by atoms with E-state index in [2.05, 4.69) is 10.1 Å². The van der Waals surface area contributed by atoms with E-state index in [1.165, 1.54) is 0 Å². The Morgan fingerprint density at radius 1 is 1.32 bits per heavy atom. The van der Waals surface area contributed by atoms with Gasteiger partial charge in [-0.15, -0.1) is 0 Å². The normalized spacial score (nSPS) is 11.2. The molecule has 0 aliphatic heterocycles. The van der Waals surface area contributed by atoms with Crippen molar-refractivity contribution >= 4 is 23.2 Å². The molecule has 0 fully saturated rings. The first kappa shape index (κ1) is 14.3. The second-order valence-electron chi connectivity index (χ2n) is 4.19. The molecule has 1 heterocycles. The van der Waals surface area contributed by atoms with Gasteiger partial charge in [-0.2, -0.15) is 4.98 Å². The number of benzene rings is 1. The number of nitrogens with zero attached hydrogens (tertiary/aromatic N) is 3. The molecule has 0 bridgehead atoms. The molecule has 1 aromatic heterocycles. The van der Waals surface area contributed by atoms with Gasteiger partial charge in [-0.3, -0.25) is 4.90 Å². The van der Waals surface area contributed by atoms with Gasteiger partial charge in [0, 0.05) is 6.54 Å². The minimum absolute atomic E-state index is 0.247. The van der Waals surface area contributed by atoms with E-state index in [0.29, 0.717) is 34.8 Å². The van der Waals surface area contributed by atoms with E-state index in [1.807, 2.05) is 24.1 Å². The van der Waals surface area contributed by atoms with Crippen LogP contribution in [0.1, 0.15) is 17.3 Å². The molecule has 0 aliphatic rings. The van der Waals surface area contributed by atoms with Crippen LogP contribution in [0.4, 0.5) is 0 Å². The zero-order chi connectivity index (χ0) is 13.8. The maximum atomic E-state index is 6.14. The van der Waals surface area contributed by atoms with Crippen molar-refractivity contribution in [3.05, 3.63) is 45.5 Å². The van der Waals surface area contributed by atoms with Gasteiger partial charge in [0.1, 0.15) is 0 Å². The predicted molar refractivity (Wildman–Crippen MR) is 73.8 cm³/mol. The van der Waals surface area contributed by atoms with Gasteiger partial charge in [-0.1, -0.05) is 40.5 Å². The van der Waals surface area contributed by atoms with Crippen LogP contribution >= 0.6 is 23.2 Å². The van der Waals surface area contributed by atoms with E-state index in [-0.39, 0.29) is 6.54 Å². The van der Waals surface area contributed by atoms with Crippen molar-refractivity contribution in [3.8, 4) is 0 Å². The van der Waals surface area contributed by atoms with Gasteiger partial charge >= 0.3 is 0 Å². The van der Waals surface area contributed by atoms with Gasteiger partial charge in [0.05, 0.1) is 23.1 Å². The minimum atomic E-state index is 0.247. The standard InChI is InChI=1S/C12H14Cl2N4O/c1-18(7-10-16-11(5-15)19-17-10)6-8-3-2-4-9(13)12(8)14/h2-4H,5-7,15H2,1H3. The molecule has 0 radical (unpaired) electrons. The topological polar surface area (TPSA) is 68.2 Å². The fourth-order valence-corrected chi connectivity index (χ4v) is 2.08. The number of halogens is 2. The highest BCUT2D eigenvalue weighted by Gasteiger charge is 2.11. The number of aromatic nitrogens is 2. The molecule has 7 heteroatoms. The van der Waals surface area contributed by atoms with Crippen LogP contribution in [0, 0.1) is 0 Å². The molecule has 1 aromatic carbocycles. The Morgan fingerprint density at radius 2 is 2.11 bits per heavy atom. The number of rotatable bonds is 5. The average Bonchev–Trinajstić information content (AvgIpc) is 2.82. The summed E-state index contributed by atoms with van der Waals surface area (Å²) >= 11 is 12.1. The SMILES string of the molecule is CN(Cc1noc(CN)n1)Cc1cccc(Cl)c1Cl. The molecule has 0 spiro atoms. The lowest BCUT2D eigenvalue weighted by atomic mass is 10.2. The third kappa shape index (κ3) is 3.67. The summed E-state index contributed by atoms with van der Waals surface area (Å²) in [5.74, 6) is 1.03. The second-order valence-corrected chi connectivity index (χ2v) is 4.98. The monoisotopic (exact) mass is 300 g/mol. The lowest BCUT2D eigenvalue weighted by Crippen LogP contribution is -2.18. The highest BCUT2D eigenvalue weighted by atomic mass is 35.5. The van der Waals surface area contributed by atoms with Crippen LogP contribution < -0.4 is 5.73 Å². The van der Waals surface area contributed by atoms with Crippen LogP contribution in [0.3, 0.4) is 0 Å². The number of hydrogen-bond donors (Lipinski definition) is 1. The number of hydrogen-bond acceptors (Lipinski definition) is 5. The molecule has 0 atom stereocenters. The van der Waals surface area contributed by atoms with Crippen molar-refractivity contribution in [2.75, 3.05) is 7.05 Å². The first-order chi connectivity index (χ1) is 9.10. The Kier molecular flexibility index (Phi) is 4.76. The molecule has 102 valence electrons. The van der Waals surface area contributed by atoms with E-state index < -0.39 is 0 Å². The van der Waals surface area contributed by atoms with E-state index in [9.17, 15) is 0 Å². The Morgan fingerprint density at radius 3 is 2.79 bits per heavy atom. The average molecular weight is 301 g/mol. The van der Waals surface area contributed by atoms with Crippen LogP contribution in [-0.4, -0.2) is 22.1 Å². The Hall–Kier alpha value is -1.14. The van der Waals surface area contributed by atoms with Gasteiger partial charge in [0.25, 0.3) is 0 Å². The highest BCUT2D eigenvalue weighted by Crippen LogP contribution is 2.26. The Bertz CT molecular complexity index is 558. The van der Waals surface area contributed by atoms with Crippen LogP contribution in [0.2, 0.25) is 10.0 Å². The van der Waals surface area contributed by atoms with Gasteiger partial charge in [-0.25, -0.2) is 0 Å². The van der Waals surface area contributed by atoms with E-state index in [1.54, 1.807) is 6.07 Å². The summed E-state index contributed by atoms with van der Waals surface area (Å²) in [5.41, 5.74) is 6.37. The van der Waals surface area contributed by atoms with Crippen LogP contribution in [0.5, 0.6) is 0 Å². The van der Waals surface area contributed by atoms with Crippen LogP contribution in [-0.2, 0) is 19.6 Å². The van der Waals surface area contributed by atoms with Crippen molar-refractivity contribution in [2.45, 2.75) is 19.6 Å².